The Hall–Kier alpha value is -2.78. The van der Waals surface area contributed by atoms with Crippen LogP contribution in [0.2, 0.25) is 0 Å². The summed E-state index contributed by atoms with van der Waals surface area (Å²) in [4.78, 5) is 16.7. The summed E-state index contributed by atoms with van der Waals surface area (Å²) >= 11 is 0. The number of anilines is 1. The highest BCUT2D eigenvalue weighted by Gasteiger charge is 2.49. The SMILES string of the molecule is COc1cccc(N2C(=O)CN(Cc3ccc4c(c3)OCO4)C3CS(=O)(=O)CC32)c1. The van der Waals surface area contributed by atoms with Gasteiger partial charge in [0.2, 0.25) is 12.7 Å². The lowest BCUT2D eigenvalue weighted by atomic mass is 10.0. The van der Waals surface area contributed by atoms with Gasteiger partial charge in [-0.15, -0.1) is 0 Å². The van der Waals surface area contributed by atoms with Gasteiger partial charge in [0.05, 0.1) is 31.2 Å². The van der Waals surface area contributed by atoms with Crippen LogP contribution in [0.3, 0.4) is 0 Å². The number of hydrogen-bond donors (Lipinski definition) is 0. The second kappa shape index (κ2) is 7.17. The highest BCUT2D eigenvalue weighted by atomic mass is 32.2. The number of sulfone groups is 1. The lowest BCUT2D eigenvalue weighted by Gasteiger charge is -2.43. The first-order chi connectivity index (χ1) is 14.4. The smallest absolute Gasteiger partial charge is 0.241 e. The summed E-state index contributed by atoms with van der Waals surface area (Å²) in [5.41, 5.74) is 1.61. The van der Waals surface area contributed by atoms with E-state index < -0.39 is 15.9 Å². The molecule has 2 aromatic carbocycles. The Morgan fingerprint density at radius 2 is 1.87 bits per heavy atom. The second-order valence-corrected chi connectivity index (χ2v) is 9.92. The number of carbonyl (C=O) groups excluding carboxylic acids is 1. The summed E-state index contributed by atoms with van der Waals surface area (Å²) in [7, 11) is -1.69. The Morgan fingerprint density at radius 3 is 2.70 bits per heavy atom. The van der Waals surface area contributed by atoms with Crippen LogP contribution in [0.5, 0.6) is 17.2 Å². The first-order valence-electron chi connectivity index (χ1n) is 9.73. The molecule has 158 valence electrons. The van der Waals surface area contributed by atoms with Gasteiger partial charge in [-0.05, 0) is 29.8 Å². The van der Waals surface area contributed by atoms with Gasteiger partial charge in [0.15, 0.2) is 21.3 Å². The number of fused-ring (bicyclic) bond motifs is 2. The standard InChI is InChI=1S/C21H22N2O6S/c1-27-16-4-2-3-15(8-16)23-18-12-30(25,26)11-17(18)22(10-21(23)24)9-14-5-6-19-20(7-14)29-13-28-19/h2-8,17-18H,9-13H2,1H3. The number of benzene rings is 2. The topological polar surface area (TPSA) is 85.4 Å². The Bertz CT molecular complexity index is 1100. The van der Waals surface area contributed by atoms with Crippen LogP contribution in [0, 0.1) is 0 Å². The van der Waals surface area contributed by atoms with Gasteiger partial charge >= 0.3 is 0 Å². The number of nitrogens with zero attached hydrogens (tertiary/aromatic N) is 2. The van der Waals surface area contributed by atoms with Crippen LogP contribution in [0.1, 0.15) is 5.56 Å². The van der Waals surface area contributed by atoms with E-state index in [2.05, 4.69) is 0 Å². The highest BCUT2D eigenvalue weighted by molar-refractivity contribution is 7.91. The molecule has 0 bridgehead atoms. The van der Waals surface area contributed by atoms with Crippen molar-refractivity contribution in [1.29, 1.82) is 0 Å². The normalized spacial score (nSPS) is 24.7. The summed E-state index contributed by atoms with van der Waals surface area (Å²) < 4.78 is 41.1. The minimum Gasteiger partial charge on any atom is -0.497 e. The molecular formula is C21H22N2O6S. The van der Waals surface area contributed by atoms with E-state index in [1.54, 1.807) is 30.2 Å². The zero-order chi connectivity index (χ0) is 20.9. The molecule has 30 heavy (non-hydrogen) atoms. The molecule has 3 aliphatic heterocycles. The number of carbonyl (C=O) groups is 1. The van der Waals surface area contributed by atoms with Gasteiger partial charge in [-0.25, -0.2) is 8.42 Å². The van der Waals surface area contributed by atoms with Crippen molar-refractivity contribution in [2.45, 2.75) is 18.6 Å². The summed E-state index contributed by atoms with van der Waals surface area (Å²) in [5, 5.41) is 0. The minimum atomic E-state index is -3.26. The third-order valence-corrected chi connectivity index (χ3v) is 7.55. The summed E-state index contributed by atoms with van der Waals surface area (Å²) in [6.07, 6.45) is 0. The van der Waals surface area contributed by atoms with Crippen molar-refractivity contribution in [3.63, 3.8) is 0 Å². The van der Waals surface area contributed by atoms with E-state index in [1.165, 1.54) is 0 Å². The van der Waals surface area contributed by atoms with Gasteiger partial charge in [-0.3, -0.25) is 9.69 Å². The Kier molecular flexibility index (Phi) is 4.59. The molecule has 0 spiro atoms. The molecule has 0 saturated carbocycles. The van der Waals surface area contributed by atoms with Gasteiger partial charge < -0.3 is 19.1 Å². The average Bonchev–Trinajstić information content (AvgIpc) is 3.31. The predicted molar refractivity (Wildman–Crippen MR) is 110 cm³/mol. The number of amides is 1. The van der Waals surface area contributed by atoms with Crippen LogP contribution in [0.4, 0.5) is 5.69 Å². The Morgan fingerprint density at radius 1 is 1.07 bits per heavy atom. The fourth-order valence-corrected chi connectivity index (χ4v) is 6.48. The summed E-state index contributed by atoms with van der Waals surface area (Å²) in [5.74, 6) is 1.86. The van der Waals surface area contributed by atoms with Crippen molar-refractivity contribution < 1.29 is 27.4 Å². The minimum absolute atomic E-state index is 0.0377. The molecule has 0 aromatic heterocycles. The van der Waals surface area contributed by atoms with E-state index in [0.717, 1.165) is 5.56 Å². The van der Waals surface area contributed by atoms with Gasteiger partial charge in [-0.2, -0.15) is 0 Å². The third kappa shape index (κ3) is 3.37. The van der Waals surface area contributed by atoms with Crippen molar-refractivity contribution in [2.75, 3.05) is 36.9 Å². The number of piperazine rings is 1. The lowest BCUT2D eigenvalue weighted by molar-refractivity contribution is -0.123. The van der Waals surface area contributed by atoms with Gasteiger partial charge in [0, 0.05) is 24.3 Å². The maximum absolute atomic E-state index is 13.1. The number of rotatable bonds is 4. The molecule has 9 heteroatoms. The molecule has 0 aliphatic carbocycles. The highest BCUT2D eigenvalue weighted by Crippen LogP contribution is 2.36. The monoisotopic (exact) mass is 430 g/mol. The second-order valence-electron chi connectivity index (χ2n) is 7.77. The zero-order valence-electron chi connectivity index (χ0n) is 16.5. The Balaban J connectivity index is 1.45. The quantitative estimate of drug-likeness (QED) is 0.726. The number of ether oxygens (including phenoxy) is 3. The number of hydrogen-bond acceptors (Lipinski definition) is 7. The number of methoxy groups -OCH3 is 1. The zero-order valence-corrected chi connectivity index (χ0v) is 17.3. The van der Waals surface area contributed by atoms with Crippen molar-refractivity contribution >= 4 is 21.4 Å². The van der Waals surface area contributed by atoms with Crippen LogP contribution in [0.25, 0.3) is 0 Å². The maximum atomic E-state index is 13.1. The summed E-state index contributed by atoms with van der Waals surface area (Å²) in [6, 6.07) is 12.1. The maximum Gasteiger partial charge on any atom is 0.241 e. The van der Waals surface area contributed by atoms with E-state index in [9.17, 15) is 13.2 Å². The Labute approximate surface area is 174 Å². The molecule has 0 radical (unpaired) electrons. The molecule has 2 fully saturated rings. The van der Waals surface area contributed by atoms with Crippen LogP contribution >= 0.6 is 0 Å². The average molecular weight is 430 g/mol. The van der Waals surface area contributed by atoms with Crippen LogP contribution in [-0.4, -0.2) is 63.3 Å². The van der Waals surface area contributed by atoms with Crippen LogP contribution < -0.4 is 19.1 Å². The van der Waals surface area contributed by atoms with Crippen molar-refractivity contribution in [1.82, 2.24) is 4.90 Å². The van der Waals surface area contributed by atoms with Gasteiger partial charge in [-0.1, -0.05) is 12.1 Å². The predicted octanol–water partition coefficient (Wildman–Crippen LogP) is 1.44. The van der Waals surface area contributed by atoms with Crippen molar-refractivity contribution in [3.8, 4) is 17.2 Å². The molecular weight excluding hydrogens is 408 g/mol. The van der Waals surface area contributed by atoms with E-state index in [-0.39, 0.29) is 36.8 Å². The molecule has 5 rings (SSSR count). The molecule has 8 nitrogen and oxygen atoms in total. The third-order valence-electron chi connectivity index (χ3n) is 5.86. The van der Waals surface area contributed by atoms with Crippen molar-refractivity contribution in [2.24, 2.45) is 0 Å². The fourth-order valence-electron chi connectivity index (χ4n) is 4.50. The van der Waals surface area contributed by atoms with Crippen LogP contribution in [0.15, 0.2) is 42.5 Å². The molecule has 2 atom stereocenters. The molecule has 2 unspecified atom stereocenters. The largest absolute Gasteiger partial charge is 0.497 e. The van der Waals surface area contributed by atoms with Gasteiger partial charge in [0.1, 0.15) is 5.75 Å². The fraction of sp³-hybridized carbons (Fsp3) is 0.381. The first-order valence-corrected chi connectivity index (χ1v) is 11.5. The molecule has 0 N–H and O–H groups in total. The van der Waals surface area contributed by atoms with E-state index in [1.807, 2.05) is 29.2 Å². The summed E-state index contributed by atoms with van der Waals surface area (Å²) in [6.45, 7) is 0.798. The lowest BCUT2D eigenvalue weighted by Crippen LogP contribution is -2.61. The molecule has 2 aromatic rings. The molecule has 1 amide bonds. The molecule has 3 heterocycles. The van der Waals surface area contributed by atoms with E-state index in [4.69, 9.17) is 14.2 Å². The van der Waals surface area contributed by atoms with Gasteiger partial charge in [0.25, 0.3) is 0 Å². The van der Waals surface area contributed by atoms with Crippen LogP contribution in [-0.2, 0) is 21.2 Å². The van der Waals surface area contributed by atoms with E-state index in [0.29, 0.717) is 29.5 Å². The van der Waals surface area contributed by atoms with Crippen molar-refractivity contribution in [3.05, 3.63) is 48.0 Å². The first kappa shape index (κ1) is 19.2. The molecule has 3 aliphatic rings. The van der Waals surface area contributed by atoms with E-state index >= 15 is 0 Å². The molecule has 2 saturated heterocycles.